The normalized spacial score (nSPS) is 16.5. The minimum Gasteiger partial charge on any atom is -0.243 e. The molecule has 3 rings (SSSR count). The molecule has 2 aromatic carbocycles. The average Bonchev–Trinajstić information content (AvgIpc) is 3.00. The number of thioether (sulfide) groups is 1. The maximum Gasteiger partial charge on any atom is 0.285 e. The highest BCUT2D eigenvalue weighted by Gasteiger charge is 2.36. The molecule has 0 atom stereocenters. The van der Waals surface area contributed by atoms with Crippen molar-refractivity contribution >= 4 is 37.0 Å². The lowest BCUT2D eigenvalue weighted by atomic mass is 10.1. The first-order valence-electron chi connectivity index (χ1n) is 9.51. The zero-order chi connectivity index (χ0) is 22.4. The van der Waals surface area contributed by atoms with Crippen molar-refractivity contribution in [2.75, 3.05) is 12.3 Å². The highest BCUT2D eigenvalue weighted by atomic mass is 32.2. The summed E-state index contributed by atoms with van der Waals surface area (Å²) in [6.45, 7) is 10.9. The Labute approximate surface area is 183 Å². The number of hydrogen-bond donors (Lipinski definition) is 0. The van der Waals surface area contributed by atoms with Crippen LogP contribution >= 0.6 is 11.8 Å². The summed E-state index contributed by atoms with van der Waals surface area (Å²) < 4.78 is 58.2. The second kappa shape index (κ2) is 8.01. The van der Waals surface area contributed by atoms with Crippen LogP contribution < -0.4 is 0 Å². The highest BCUT2D eigenvalue weighted by molar-refractivity contribution is 8.16. The SMILES string of the molecule is Cc1cc(C)c(S(=O)(=O)/N=C2\SCCN2S(=O)(=O)c2c(C)cc(C)cc2C)c(C)c1. The van der Waals surface area contributed by atoms with Gasteiger partial charge in [0, 0.05) is 12.3 Å². The van der Waals surface area contributed by atoms with Gasteiger partial charge in [-0.1, -0.05) is 47.2 Å². The maximum atomic E-state index is 13.4. The van der Waals surface area contributed by atoms with Crippen LogP contribution in [0.4, 0.5) is 0 Å². The predicted octanol–water partition coefficient (Wildman–Crippen LogP) is 4.02. The average molecular weight is 467 g/mol. The molecule has 0 saturated carbocycles. The monoisotopic (exact) mass is 466 g/mol. The smallest absolute Gasteiger partial charge is 0.243 e. The second-order valence-corrected chi connectivity index (χ2v) is 12.1. The molecule has 0 bridgehead atoms. The van der Waals surface area contributed by atoms with E-state index in [1.165, 1.54) is 0 Å². The van der Waals surface area contributed by atoms with Gasteiger partial charge >= 0.3 is 0 Å². The molecule has 1 aliphatic rings. The lowest BCUT2D eigenvalue weighted by Crippen LogP contribution is -2.33. The van der Waals surface area contributed by atoms with Gasteiger partial charge in [0.1, 0.15) is 0 Å². The van der Waals surface area contributed by atoms with Crippen molar-refractivity contribution in [2.45, 2.75) is 51.3 Å². The summed E-state index contributed by atoms with van der Waals surface area (Å²) in [5.74, 6) is 0.448. The fraction of sp³-hybridized carbons (Fsp3) is 0.381. The van der Waals surface area contributed by atoms with Crippen molar-refractivity contribution in [3.8, 4) is 0 Å². The van der Waals surface area contributed by atoms with Crippen LogP contribution in [0, 0.1) is 41.5 Å². The maximum absolute atomic E-state index is 13.4. The van der Waals surface area contributed by atoms with Crippen LogP contribution in [0.15, 0.2) is 38.5 Å². The van der Waals surface area contributed by atoms with E-state index < -0.39 is 20.0 Å². The molecule has 0 aliphatic carbocycles. The minimum atomic E-state index is -4.06. The molecule has 0 N–H and O–H groups in total. The summed E-state index contributed by atoms with van der Waals surface area (Å²) in [7, 11) is -7.99. The molecule has 0 unspecified atom stereocenters. The fourth-order valence-electron chi connectivity index (χ4n) is 4.09. The van der Waals surface area contributed by atoms with E-state index in [4.69, 9.17) is 0 Å². The second-order valence-electron chi connectivity index (χ2n) is 7.73. The first kappa shape index (κ1) is 22.8. The van der Waals surface area contributed by atoms with Crippen molar-refractivity contribution in [3.63, 3.8) is 0 Å². The number of nitrogens with zero attached hydrogens (tertiary/aromatic N) is 2. The number of sulfonamides is 2. The Morgan fingerprint density at radius 2 is 1.20 bits per heavy atom. The summed E-state index contributed by atoms with van der Waals surface area (Å²) >= 11 is 1.14. The third-order valence-electron chi connectivity index (χ3n) is 4.95. The molecule has 9 heteroatoms. The van der Waals surface area contributed by atoms with Crippen molar-refractivity contribution in [3.05, 3.63) is 57.6 Å². The van der Waals surface area contributed by atoms with Gasteiger partial charge in [0.25, 0.3) is 20.0 Å². The molecule has 0 aromatic heterocycles. The third-order valence-corrected chi connectivity index (χ3v) is 9.81. The van der Waals surface area contributed by atoms with Crippen LogP contribution in [-0.2, 0) is 20.0 Å². The van der Waals surface area contributed by atoms with Crippen molar-refractivity contribution < 1.29 is 16.8 Å². The van der Waals surface area contributed by atoms with Crippen molar-refractivity contribution in [1.82, 2.24) is 4.31 Å². The van der Waals surface area contributed by atoms with Crippen LogP contribution in [-0.4, -0.2) is 38.6 Å². The molecule has 1 fully saturated rings. The minimum absolute atomic E-state index is 0.00579. The van der Waals surface area contributed by atoms with E-state index in [9.17, 15) is 16.8 Å². The van der Waals surface area contributed by atoms with E-state index in [0.29, 0.717) is 28.0 Å². The Hall–Kier alpha value is -1.84. The summed E-state index contributed by atoms with van der Waals surface area (Å²) in [6.07, 6.45) is 0. The first-order chi connectivity index (χ1) is 13.8. The van der Waals surface area contributed by atoms with Gasteiger partial charge in [0.05, 0.1) is 9.79 Å². The number of hydrogen-bond acceptors (Lipinski definition) is 5. The van der Waals surface area contributed by atoms with E-state index in [2.05, 4.69) is 4.40 Å². The lowest BCUT2D eigenvalue weighted by molar-refractivity contribution is 0.538. The fourth-order valence-corrected chi connectivity index (χ4v) is 8.96. The molecule has 0 radical (unpaired) electrons. The number of aryl methyl sites for hydroxylation is 6. The van der Waals surface area contributed by atoms with Gasteiger partial charge in [-0.3, -0.25) is 0 Å². The number of amidine groups is 1. The van der Waals surface area contributed by atoms with E-state index in [-0.39, 0.29) is 21.5 Å². The van der Waals surface area contributed by atoms with Gasteiger partial charge in [0.2, 0.25) is 0 Å². The Bertz CT molecular complexity index is 1220. The number of benzene rings is 2. The third kappa shape index (κ3) is 4.15. The standard InChI is InChI=1S/C21H26N2O4S3/c1-13-9-15(3)19(16(4)10-13)29(24,25)22-21-23(7-8-28-21)30(26,27)20-17(5)11-14(2)12-18(20)6/h9-12H,7-8H2,1-6H3/b22-21-. The van der Waals surface area contributed by atoms with Gasteiger partial charge in [-0.05, 0) is 63.8 Å². The van der Waals surface area contributed by atoms with Gasteiger partial charge < -0.3 is 0 Å². The largest absolute Gasteiger partial charge is 0.285 e. The molecule has 30 heavy (non-hydrogen) atoms. The Morgan fingerprint density at radius 3 is 1.67 bits per heavy atom. The highest BCUT2D eigenvalue weighted by Crippen LogP contribution is 2.32. The molecule has 1 aliphatic heterocycles. The summed E-state index contributed by atoms with van der Waals surface area (Å²) in [5.41, 5.74) is 4.40. The van der Waals surface area contributed by atoms with Crippen molar-refractivity contribution in [2.24, 2.45) is 4.40 Å². The van der Waals surface area contributed by atoms with Gasteiger partial charge in [-0.2, -0.15) is 8.42 Å². The van der Waals surface area contributed by atoms with Gasteiger partial charge in [0.15, 0.2) is 5.17 Å². The van der Waals surface area contributed by atoms with Crippen LogP contribution in [0.1, 0.15) is 33.4 Å². The Kier molecular flexibility index (Phi) is 6.10. The Morgan fingerprint density at radius 1 is 0.767 bits per heavy atom. The van der Waals surface area contributed by atoms with E-state index >= 15 is 0 Å². The van der Waals surface area contributed by atoms with E-state index in [0.717, 1.165) is 27.2 Å². The molecule has 6 nitrogen and oxygen atoms in total. The topological polar surface area (TPSA) is 83.9 Å². The summed E-state index contributed by atoms with van der Waals surface area (Å²) in [4.78, 5) is 0.344. The van der Waals surface area contributed by atoms with Crippen LogP contribution in [0.25, 0.3) is 0 Å². The van der Waals surface area contributed by atoms with Gasteiger partial charge in [-0.15, -0.1) is 4.40 Å². The molecule has 0 spiro atoms. The quantitative estimate of drug-likeness (QED) is 0.680. The summed E-state index contributed by atoms with van der Waals surface area (Å²) in [5, 5.41) is -0.00579. The van der Waals surface area contributed by atoms with Crippen LogP contribution in [0.3, 0.4) is 0 Å². The van der Waals surface area contributed by atoms with Crippen LogP contribution in [0.2, 0.25) is 0 Å². The predicted molar refractivity (Wildman–Crippen MR) is 122 cm³/mol. The van der Waals surface area contributed by atoms with Crippen molar-refractivity contribution in [1.29, 1.82) is 0 Å². The van der Waals surface area contributed by atoms with Gasteiger partial charge in [-0.25, -0.2) is 12.7 Å². The lowest BCUT2D eigenvalue weighted by Gasteiger charge is -2.21. The zero-order valence-corrected chi connectivity index (χ0v) is 20.4. The molecule has 162 valence electrons. The molecule has 0 amide bonds. The van der Waals surface area contributed by atoms with E-state index in [1.54, 1.807) is 39.8 Å². The zero-order valence-electron chi connectivity index (χ0n) is 18.0. The molecule has 1 heterocycles. The molecular weight excluding hydrogens is 440 g/mol. The molecular formula is C21H26N2O4S3. The van der Waals surface area contributed by atoms with E-state index in [1.807, 2.05) is 26.0 Å². The Balaban J connectivity index is 2.11. The van der Waals surface area contributed by atoms with Crippen LogP contribution in [0.5, 0.6) is 0 Å². The number of rotatable bonds is 4. The molecule has 1 saturated heterocycles. The first-order valence-corrected chi connectivity index (χ1v) is 13.4. The summed E-state index contributed by atoms with van der Waals surface area (Å²) in [6, 6.07) is 7.20. The molecule has 2 aromatic rings.